The fourth-order valence-electron chi connectivity index (χ4n) is 3.78. The Labute approximate surface area is 182 Å². The van der Waals surface area contributed by atoms with Gasteiger partial charge in [0, 0.05) is 36.8 Å². The number of carbonyl (C=O) groups excluding carboxylic acids is 2. The molecule has 0 radical (unpaired) electrons. The molecule has 1 unspecified atom stereocenters. The van der Waals surface area contributed by atoms with E-state index in [4.69, 9.17) is 11.6 Å². The molecule has 1 fully saturated rings. The fraction of sp³-hybridized carbons (Fsp3) is 0.273. The van der Waals surface area contributed by atoms with Crippen LogP contribution in [0.15, 0.2) is 47.3 Å². The van der Waals surface area contributed by atoms with Gasteiger partial charge in [-0.15, -0.1) is 0 Å². The van der Waals surface area contributed by atoms with Crippen molar-refractivity contribution in [3.8, 4) is 0 Å². The Morgan fingerprint density at radius 1 is 1.26 bits per heavy atom. The van der Waals surface area contributed by atoms with Crippen LogP contribution in [0.3, 0.4) is 0 Å². The van der Waals surface area contributed by atoms with Gasteiger partial charge in [0.25, 0.3) is 5.56 Å². The summed E-state index contributed by atoms with van der Waals surface area (Å²) in [6, 6.07) is 10.8. The number of anilines is 1. The summed E-state index contributed by atoms with van der Waals surface area (Å²) in [6.45, 7) is 2.32. The highest BCUT2D eigenvalue weighted by atomic mass is 35.5. The van der Waals surface area contributed by atoms with Crippen LogP contribution in [0.4, 0.5) is 10.1 Å². The smallest absolute Gasteiger partial charge is 0.261 e. The Kier molecular flexibility index (Phi) is 5.73. The van der Waals surface area contributed by atoms with E-state index < -0.39 is 11.7 Å². The molecule has 1 N–H and O–H groups in total. The van der Waals surface area contributed by atoms with Gasteiger partial charge in [0.15, 0.2) is 0 Å². The Hall–Kier alpha value is -3.26. The van der Waals surface area contributed by atoms with Crippen LogP contribution in [-0.4, -0.2) is 34.5 Å². The van der Waals surface area contributed by atoms with Crippen LogP contribution in [0.5, 0.6) is 0 Å². The van der Waals surface area contributed by atoms with Crippen LogP contribution in [0.2, 0.25) is 5.02 Å². The highest BCUT2D eigenvalue weighted by Crippen LogP contribution is 2.27. The Balaban J connectivity index is 1.41. The molecule has 9 heteroatoms. The molecule has 1 atom stereocenters. The molecule has 3 aromatic rings. The van der Waals surface area contributed by atoms with Gasteiger partial charge in [-0.2, -0.15) is 0 Å². The van der Waals surface area contributed by atoms with Gasteiger partial charge in [-0.3, -0.25) is 19.0 Å². The van der Waals surface area contributed by atoms with Crippen LogP contribution >= 0.6 is 11.6 Å². The van der Waals surface area contributed by atoms with E-state index in [9.17, 15) is 18.8 Å². The van der Waals surface area contributed by atoms with Crippen molar-refractivity contribution in [3.05, 3.63) is 69.5 Å². The number of hydrogen-bond acceptors (Lipinski definition) is 4. The van der Waals surface area contributed by atoms with Gasteiger partial charge in [-0.25, -0.2) is 9.37 Å². The highest BCUT2D eigenvalue weighted by Gasteiger charge is 2.35. The molecule has 0 spiro atoms. The third kappa shape index (κ3) is 4.29. The molecule has 1 saturated heterocycles. The molecule has 0 saturated carbocycles. The average Bonchev–Trinajstić information content (AvgIpc) is 3.13. The van der Waals surface area contributed by atoms with Gasteiger partial charge < -0.3 is 10.2 Å². The minimum atomic E-state index is -0.509. The van der Waals surface area contributed by atoms with E-state index in [1.807, 2.05) is 0 Å². The van der Waals surface area contributed by atoms with Gasteiger partial charge in [0.1, 0.15) is 11.6 Å². The zero-order chi connectivity index (χ0) is 22.1. The van der Waals surface area contributed by atoms with E-state index >= 15 is 0 Å². The van der Waals surface area contributed by atoms with Crippen molar-refractivity contribution in [1.82, 2.24) is 14.9 Å². The summed E-state index contributed by atoms with van der Waals surface area (Å²) in [6.07, 6.45) is 0.105. The van der Waals surface area contributed by atoms with Crippen molar-refractivity contribution >= 4 is 40.0 Å². The van der Waals surface area contributed by atoms with Gasteiger partial charge in [-0.05, 0) is 43.3 Å². The van der Waals surface area contributed by atoms with E-state index in [1.165, 1.54) is 16.7 Å². The zero-order valence-electron chi connectivity index (χ0n) is 16.8. The van der Waals surface area contributed by atoms with E-state index in [2.05, 4.69) is 10.3 Å². The van der Waals surface area contributed by atoms with Gasteiger partial charge in [-0.1, -0.05) is 17.7 Å². The van der Waals surface area contributed by atoms with E-state index in [1.54, 1.807) is 36.1 Å². The van der Waals surface area contributed by atoms with Crippen molar-refractivity contribution in [1.29, 1.82) is 0 Å². The van der Waals surface area contributed by atoms with Crippen molar-refractivity contribution in [2.75, 3.05) is 18.0 Å². The quantitative estimate of drug-likeness (QED) is 0.658. The molecule has 160 valence electrons. The lowest BCUT2D eigenvalue weighted by atomic mass is 10.1. The van der Waals surface area contributed by atoms with E-state index in [0.717, 1.165) is 6.07 Å². The summed E-state index contributed by atoms with van der Waals surface area (Å²) < 4.78 is 14.9. The largest absolute Gasteiger partial charge is 0.354 e. The Morgan fingerprint density at radius 3 is 2.84 bits per heavy atom. The molecule has 4 rings (SSSR count). The van der Waals surface area contributed by atoms with Crippen molar-refractivity contribution in [3.63, 3.8) is 0 Å². The number of aromatic nitrogens is 2. The maximum atomic E-state index is 13.5. The number of hydrogen-bond donors (Lipinski definition) is 1. The molecular formula is C22H20ClFN4O3. The van der Waals surface area contributed by atoms with E-state index in [-0.39, 0.29) is 48.8 Å². The molecule has 0 aliphatic carbocycles. The molecule has 7 nitrogen and oxygen atoms in total. The lowest BCUT2D eigenvalue weighted by molar-refractivity contribution is -0.126. The zero-order valence-corrected chi connectivity index (χ0v) is 17.5. The van der Waals surface area contributed by atoms with Crippen LogP contribution in [0.1, 0.15) is 12.2 Å². The standard InChI is InChI=1S/C22H20ClFN4O3/c1-13-26-19-6-5-16(24)11-18(19)22(31)27(13)8-7-25-21(30)14-9-20(29)28(12-14)17-4-2-3-15(23)10-17/h2-6,10-11,14H,7-9,12H2,1H3,(H,25,30). The number of nitrogens with one attached hydrogen (secondary N) is 1. The fourth-order valence-corrected chi connectivity index (χ4v) is 3.96. The molecule has 1 aliphatic heterocycles. The predicted molar refractivity (Wildman–Crippen MR) is 116 cm³/mol. The number of fused-ring (bicyclic) bond motifs is 1. The summed E-state index contributed by atoms with van der Waals surface area (Å²) in [5.41, 5.74) is 0.721. The monoisotopic (exact) mass is 442 g/mol. The number of aryl methyl sites for hydroxylation is 1. The first-order chi connectivity index (χ1) is 14.8. The Morgan fingerprint density at radius 2 is 2.06 bits per heavy atom. The van der Waals surface area contributed by atoms with Crippen LogP contribution in [-0.2, 0) is 16.1 Å². The molecule has 1 aromatic heterocycles. The average molecular weight is 443 g/mol. The summed E-state index contributed by atoms with van der Waals surface area (Å²) >= 11 is 6.00. The van der Waals surface area contributed by atoms with Crippen LogP contribution in [0, 0.1) is 18.7 Å². The first-order valence-corrected chi connectivity index (χ1v) is 10.2. The number of amides is 2. The molecule has 31 heavy (non-hydrogen) atoms. The number of nitrogens with zero attached hydrogens (tertiary/aromatic N) is 3. The lowest BCUT2D eigenvalue weighted by Crippen LogP contribution is -2.36. The summed E-state index contributed by atoms with van der Waals surface area (Å²) in [7, 11) is 0. The molecular weight excluding hydrogens is 423 g/mol. The first-order valence-electron chi connectivity index (χ1n) is 9.84. The van der Waals surface area contributed by atoms with Crippen molar-refractivity contribution in [2.45, 2.75) is 19.9 Å². The molecule has 1 aliphatic rings. The SMILES string of the molecule is Cc1nc2ccc(F)cc2c(=O)n1CCNC(=O)C1CC(=O)N(c2cccc(Cl)c2)C1. The molecule has 2 amide bonds. The summed E-state index contributed by atoms with van der Waals surface area (Å²) in [5, 5.41) is 3.49. The molecule has 2 heterocycles. The lowest BCUT2D eigenvalue weighted by Gasteiger charge is -2.17. The number of halogens is 2. The minimum absolute atomic E-state index is 0.105. The topological polar surface area (TPSA) is 84.3 Å². The van der Waals surface area contributed by atoms with Crippen molar-refractivity contribution < 1.29 is 14.0 Å². The third-order valence-electron chi connectivity index (χ3n) is 5.36. The molecule has 0 bridgehead atoms. The maximum Gasteiger partial charge on any atom is 0.261 e. The number of rotatable bonds is 5. The van der Waals surface area contributed by atoms with Crippen LogP contribution in [0.25, 0.3) is 10.9 Å². The van der Waals surface area contributed by atoms with Gasteiger partial charge in [0.05, 0.1) is 16.8 Å². The number of benzene rings is 2. The summed E-state index contributed by atoms with van der Waals surface area (Å²) in [5.74, 6) is -0.932. The third-order valence-corrected chi connectivity index (χ3v) is 5.59. The molecule has 2 aromatic carbocycles. The first kappa shape index (κ1) is 21.0. The maximum absolute atomic E-state index is 13.5. The van der Waals surface area contributed by atoms with Crippen LogP contribution < -0.4 is 15.8 Å². The van der Waals surface area contributed by atoms with E-state index in [0.29, 0.717) is 22.1 Å². The highest BCUT2D eigenvalue weighted by molar-refractivity contribution is 6.31. The van der Waals surface area contributed by atoms with Gasteiger partial charge >= 0.3 is 0 Å². The summed E-state index contributed by atoms with van der Waals surface area (Å²) in [4.78, 5) is 43.5. The van der Waals surface area contributed by atoms with Gasteiger partial charge in [0.2, 0.25) is 11.8 Å². The predicted octanol–water partition coefficient (Wildman–Crippen LogP) is 2.67. The number of carbonyl (C=O) groups is 2. The Bertz CT molecular complexity index is 1240. The minimum Gasteiger partial charge on any atom is -0.354 e. The second-order valence-electron chi connectivity index (χ2n) is 7.45. The second-order valence-corrected chi connectivity index (χ2v) is 7.89. The normalized spacial score (nSPS) is 16.2. The second kappa shape index (κ2) is 8.47. The van der Waals surface area contributed by atoms with Crippen molar-refractivity contribution in [2.24, 2.45) is 5.92 Å².